The molecule has 144 valence electrons. The zero-order valence-corrected chi connectivity index (χ0v) is 16.3. The lowest BCUT2D eigenvalue weighted by Gasteiger charge is -2.14. The van der Waals surface area contributed by atoms with Crippen LogP contribution < -0.4 is 10.2 Å². The van der Waals surface area contributed by atoms with E-state index in [1.165, 1.54) is 0 Å². The van der Waals surface area contributed by atoms with Gasteiger partial charge in [0.25, 0.3) is 5.91 Å². The van der Waals surface area contributed by atoms with Gasteiger partial charge in [0.1, 0.15) is 17.3 Å². The lowest BCUT2D eigenvalue weighted by atomic mass is 10.2. The van der Waals surface area contributed by atoms with Crippen LogP contribution in [0.5, 0.6) is 5.75 Å². The minimum atomic E-state index is -0.217. The van der Waals surface area contributed by atoms with Crippen LogP contribution in [0.3, 0.4) is 0 Å². The Morgan fingerprint density at radius 2 is 1.82 bits per heavy atom. The van der Waals surface area contributed by atoms with Crippen LogP contribution in [0.4, 0.5) is 0 Å². The first kappa shape index (κ1) is 18.5. The van der Waals surface area contributed by atoms with Crippen molar-refractivity contribution >= 4 is 17.5 Å². The molecule has 1 aromatic heterocycles. The smallest absolute Gasteiger partial charge is 0.285 e. The number of para-hydroxylation sites is 1. The molecule has 0 unspecified atom stereocenters. The average molecular weight is 397 g/mol. The van der Waals surface area contributed by atoms with Gasteiger partial charge in [0.05, 0.1) is 12.7 Å². The van der Waals surface area contributed by atoms with E-state index in [4.69, 9.17) is 16.3 Å². The molecular weight excluding hydrogens is 376 g/mol. The highest BCUT2D eigenvalue weighted by Gasteiger charge is 2.21. The van der Waals surface area contributed by atoms with Gasteiger partial charge in [-0.1, -0.05) is 23.7 Å². The summed E-state index contributed by atoms with van der Waals surface area (Å²) in [6.07, 6.45) is 3.92. The standard InChI is InChI=1S/C21H21ClN4O2/c1-28-19-7-3-2-6-17(19)20-23-18(21(27)24-25-12-4-5-13-25)14-26(20)16-10-8-15(22)9-11-16/h2-3,6-11,14H,4-5,12-13H2,1H3,(H,24,27). The molecule has 0 atom stereocenters. The van der Waals surface area contributed by atoms with Gasteiger partial charge in [0.15, 0.2) is 0 Å². The minimum absolute atomic E-state index is 0.217. The molecule has 0 aliphatic carbocycles. The van der Waals surface area contributed by atoms with Crippen molar-refractivity contribution in [3.63, 3.8) is 0 Å². The van der Waals surface area contributed by atoms with Crippen LogP contribution in [0, 0.1) is 0 Å². The first-order chi connectivity index (χ1) is 13.7. The molecule has 7 heteroatoms. The second kappa shape index (κ2) is 8.04. The van der Waals surface area contributed by atoms with E-state index in [0.29, 0.717) is 22.3 Å². The fourth-order valence-corrected chi connectivity index (χ4v) is 3.46. The van der Waals surface area contributed by atoms with Gasteiger partial charge in [-0.3, -0.25) is 14.8 Å². The van der Waals surface area contributed by atoms with Crippen LogP contribution >= 0.6 is 11.6 Å². The molecule has 0 radical (unpaired) electrons. The van der Waals surface area contributed by atoms with Crippen molar-refractivity contribution in [2.45, 2.75) is 12.8 Å². The van der Waals surface area contributed by atoms with Crippen molar-refractivity contribution in [2.24, 2.45) is 0 Å². The molecule has 1 aliphatic heterocycles. The maximum Gasteiger partial charge on any atom is 0.285 e. The molecule has 3 aromatic rings. The number of methoxy groups -OCH3 is 1. The summed E-state index contributed by atoms with van der Waals surface area (Å²) in [5.74, 6) is 1.10. The number of benzene rings is 2. The predicted octanol–water partition coefficient (Wildman–Crippen LogP) is 3.94. The molecule has 1 N–H and O–H groups in total. The number of imidazole rings is 1. The molecule has 2 aromatic carbocycles. The largest absolute Gasteiger partial charge is 0.496 e. The third kappa shape index (κ3) is 3.74. The van der Waals surface area contributed by atoms with E-state index in [1.807, 2.05) is 58.1 Å². The number of amides is 1. The van der Waals surface area contributed by atoms with Gasteiger partial charge in [0.2, 0.25) is 0 Å². The number of rotatable bonds is 5. The van der Waals surface area contributed by atoms with E-state index in [1.54, 1.807) is 13.3 Å². The predicted molar refractivity (Wildman–Crippen MR) is 109 cm³/mol. The molecule has 1 saturated heterocycles. The van der Waals surface area contributed by atoms with E-state index in [9.17, 15) is 4.79 Å². The van der Waals surface area contributed by atoms with Gasteiger partial charge in [0, 0.05) is 30.0 Å². The molecule has 28 heavy (non-hydrogen) atoms. The Morgan fingerprint density at radius 3 is 2.54 bits per heavy atom. The summed E-state index contributed by atoms with van der Waals surface area (Å²) < 4.78 is 7.39. The molecule has 1 fully saturated rings. The number of carbonyl (C=O) groups excluding carboxylic acids is 1. The quantitative estimate of drug-likeness (QED) is 0.709. The molecule has 1 amide bonds. The number of halogens is 1. The Balaban J connectivity index is 1.77. The summed E-state index contributed by atoms with van der Waals surface area (Å²) >= 11 is 6.04. The van der Waals surface area contributed by atoms with Crippen molar-refractivity contribution in [2.75, 3.05) is 20.2 Å². The number of nitrogens with zero attached hydrogens (tertiary/aromatic N) is 3. The molecule has 0 saturated carbocycles. The van der Waals surface area contributed by atoms with Gasteiger partial charge >= 0.3 is 0 Å². The maximum atomic E-state index is 12.8. The second-order valence-corrected chi connectivity index (χ2v) is 7.07. The van der Waals surface area contributed by atoms with Crippen LogP contribution in [0.25, 0.3) is 17.1 Å². The van der Waals surface area contributed by atoms with Gasteiger partial charge in [-0.25, -0.2) is 9.99 Å². The number of carbonyl (C=O) groups is 1. The summed E-state index contributed by atoms with van der Waals surface area (Å²) in [5.41, 5.74) is 4.96. The lowest BCUT2D eigenvalue weighted by Crippen LogP contribution is -2.40. The maximum absolute atomic E-state index is 12.8. The van der Waals surface area contributed by atoms with Gasteiger partial charge < -0.3 is 4.74 Å². The van der Waals surface area contributed by atoms with Crippen LogP contribution in [0.15, 0.2) is 54.7 Å². The van der Waals surface area contributed by atoms with Crippen molar-refractivity contribution in [1.29, 1.82) is 0 Å². The van der Waals surface area contributed by atoms with E-state index >= 15 is 0 Å². The third-order valence-corrected chi connectivity index (χ3v) is 5.01. The number of hydrogen-bond donors (Lipinski definition) is 1. The number of hydrazine groups is 1. The normalized spacial score (nSPS) is 14.2. The van der Waals surface area contributed by atoms with E-state index < -0.39 is 0 Å². The zero-order chi connectivity index (χ0) is 19.5. The van der Waals surface area contributed by atoms with Crippen LogP contribution in [0.1, 0.15) is 23.3 Å². The van der Waals surface area contributed by atoms with Gasteiger partial charge in [-0.2, -0.15) is 0 Å². The van der Waals surface area contributed by atoms with Crippen molar-refractivity contribution in [1.82, 2.24) is 20.0 Å². The highest BCUT2D eigenvalue weighted by Crippen LogP contribution is 2.31. The van der Waals surface area contributed by atoms with Crippen LogP contribution in [0.2, 0.25) is 5.02 Å². The zero-order valence-electron chi connectivity index (χ0n) is 15.6. The third-order valence-electron chi connectivity index (χ3n) is 4.76. The Labute approximate surface area is 168 Å². The fourth-order valence-electron chi connectivity index (χ4n) is 3.34. The van der Waals surface area contributed by atoms with Gasteiger partial charge in [-0.15, -0.1) is 0 Å². The molecule has 4 rings (SSSR count). The molecule has 6 nitrogen and oxygen atoms in total. The number of hydrogen-bond acceptors (Lipinski definition) is 4. The average Bonchev–Trinajstić information content (AvgIpc) is 3.38. The second-order valence-electron chi connectivity index (χ2n) is 6.63. The van der Waals surface area contributed by atoms with Crippen LogP contribution in [-0.4, -0.2) is 40.7 Å². The number of ether oxygens (including phenoxy) is 1. The SMILES string of the molecule is COc1ccccc1-c1nc(C(=O)NN2CCCC2)cn1-c1ccc(Cl)cc1. The Hall–Kier alpha value is -2.83. The highest BCUT2D eigenvalue weighted by atomic mass is 35.5. The number of nitrogens with one attached hydrogen (secondary N) is 1. The molecular formula is C21H21ClN4O2. The van der Waals surface area contributed by atoms with Crippen molar-refractivity contribution < 1.29 is 9.53 Å². The highest BCUT2D eigenvalue weighted by molar-refractivity contribution is 6.30. The molecule has 1 aliphatic rings. The fraction of sp³-hybridized carbons (Fsp3) is 0.238. The van der Waals surface area contributed by atoms with Gasteiger partial charge in [-0.05, 0) is 49.2 Å². The Kier molecular flexibility index (Phi) is 5.32. The summed E-state index contributed by atoms with van der Waals surface area (Å²) in [5, 5.41) is 2.58. The van der Waals surface area contributed by atoms with Crippen molar-refractivity contribution in [3.8, 4) is 22.8 Å². The summed E-state index contributed by atoms with van der Waals surface area (Å²) in [4.78, 5) is 17.4. The van der Waals surface area contributed by atoms with Crippen LogP contribution in [-0.2, 0) is 0 Å². The summed E-state index contributed by atoms with van der Waals surface area (Å²) in [6.45, 7) is 1.73. The number of aromatic nitrogens is 2. The van der Waals surface area contributed by atoms with E-state index in [2.05, 4.69) is 10.4 Å². The summed E-state index contributed by atoms with van der Waals surface area (Å²) in [6, 6.07) is 15.0. The van der Waals surface area contributed by atoms with E-state index in [0.717, 1.165) is 37.2 Å². The first-order valence-corrected chi connectivity index (χ1v) is 9.58. The monoisotopic (exact) mass is 396 g/mol. The first-order valence-electron chi connectivity index (χ1n) is 9.20. The Morgan fingerprint density at radius 1 is 1.11 bits per heavy atom. The molecule has 0 bridgehead atoms. The molecule has 0 spiro atoms. The minimum Gasteiger partial charge on any atom is -0.496 e. The van der Waals surface area contributed by atoms with E-state index in [-0.39, 0.29) is 5.91 Å². The van der Waals surface area contributed by atoms with Crippen molar-refractivity contribution in [3.05, 3.63) is 65.4 Å². The molecule has 2 heterocycles. The topological polar surface area (TPSA) is 59.4 Å². The Bertz CT molecular complexity index is 978. The lowest BCUT2D eigenvalue weighted by molar-refractivity contribution is 0.0821. The summed E-state index contributed by atoms with van der Waals surface area (Å²) in [7, 11) is 1.62.